The number of aryl methyl sites for hydroxylation is 1. The normalized spacial score (nSPS) is 21.1. The molecule has 0 saturated carbocycles. The topological polar surface area (TPSA) is 63.1 Å². The molecule has 0 aliphatic carbocycles. The third-order valence-corrected chi connectivity index (χ3v) is 4.80. The molecule has 1 aromatic rings. The zero-order valence-electron chi connectivity index (χ0n) is 10.7. The molecule has 2 rings (SSSR count). The van der Waals surface area contributed by atoms with Crippen molar-refractivity contribution in [3.05, 3.63) is 18.5 Å². The first-order valence-electron chi connectivity index (χ1n) is 6.40. The van der Waals surface area contributed by atoms with Crippen LogP contribution in [-0.2, 0) is 17.1 Å². The van der Waals surface area contributed by atoms with Gasteiger partial charge in [0.25, 0.3) is 0 Å². The van der Waals surface area contributed by atoms with Gasteiger partial charge in [0.05, 0.1) is 4.90 Å². The monoisotopic (exact) mass is 271 g/mol. The summed E-state index contributed by atoms with van der Waals surface area (Å²) in [6.07, 6.45) is 6.64. The molecule has 102 valence electrons. The predicted molar refractivity (Wildman–Crippen MR) is 70.8 cm³/mol. The lowest BCUT2D eigenvalue weighted by Gasteiger charge is -2.22. The maximum Gasteiger partial charge on any atom is 0.242 e. The van der Waals surface area contributed by atoms with E-state index in [-0.39, 0.29) is 0 Å². The number of nitrogens with zero attached hydrogens (tertiary/aromatic N) is 1. The molecule has 2 heterocycles. The molecule has 1 aromatic heterocycles. The zero-order valence-corrected chi connectivity index (χ0v) is 11.5. The Kier molecular flexibility index (Phi) is 4.42. The summed E-state index contributed by atoms with van der Waals surface area (Å²) in [5, 5.41) is 3.34. The number of hydrogen-bond acceptors (Lipinski definition) is 3. The van der Waals surface area contributed by atoms with Crippen molar-refractivity contribution in [2.24, 2.45) is 13.0 Å². The van der Waals surface area contributed by atoms with Crippen molar-refractivity contribution in [2.45, 2.75) is 24.2 Å². The Hall–Kier alpha value is -0.850. The van der Waals surface area contributed by atoms with Gasteiger partial charge in [-0.05, 0) is 44.3 Å². The van der Waals surface area contributed by atoms with E-state index in [0.29, 0.717) is 17.4 Å². The molecule has 0 aromatic carbocycles. The predicted octanol–water partition coefficient (Wildman–Crippen LogP) is 0.693. The summed E-state index contributed by atoms with van der Waals surface area (Å²) in [7, 11) is -1.52. The number of aromatic nitrogens is 1. The summed E-state index contributed by atoms with van der Waals surface area (Å²) in [6.45, 7) is 2.61. The van der Waals surface area contributed by atoms with Crippen molar-refractivity contribution in [3.8, 4) is 0 Å². The Morgan fingerprint density at radius 3 is 3.00 bits per heavy atom. The van der Waals surface area contributed by atoms with Crippen LogP contribution in [0.5, 0.6) is 0 Å². The molecule has 1 atom stereocenters. The van der Waals surface area contributed by atoms with Gasteiger partial charge in [-0.2, -0.15) is 0 Å². The molecule has 0 bridgehead atoms. The quantitative estimate of drug-likeness (QED) is 0.828. The fraction of sp³-hybridized carbons (Fsp3) is 0.667. The highest BCUT2D eigenvalue weighted by Crippen LogP contribution is 2.14. The maximum atomic E-state index is 11.9. The number of sulfonamides is 1. The molecule has 1 aliphatic heterocycles. The minimum atomic E-state index is -3.33. The SMILES string of the molecule is Cn1ccc(S(=O)(=O)NCCC2CCCNC2)c1. The van der Waals surface area contributed by atoms with Crippen LogP contribution in [0.3, 0.4) is 0 Å². The van der Waals surface area contributed by atoms with Crippen LogP contribution in [0.15, 0.2) is 23.4 Å². The Morgan fingerprint density at radius 2 is 2.39 bits per heavy atom. The second-order valence-electron chi connectivity index (χ2n) is 4.91. The van der Waals surface area contributed by atoms with Crippen molar-refractivity contribution < 1.29 is 8.42 Å². The lowest BCUT2D eigenvalue weighted by Crippen LogP contribution is -2.33. The Labute approximate surface area is 109 Å². The highest BCUT2D eigenvalue weighted by atomic mass is 32.2. The first-order chi connectivity index (χ1) is 8.58. The van der Waals surface area contributed by atoms with E-state index in [1.165, 1.54) is 12.8 Å². The Bertz CT molecular complexity index is 475. The van der Waals surface area contributed by atoms with Crippen molar-refractivity contribution in [2.75, 3.05) is 19.6 Å². The van der Waals surface area contributed by atoms with Gasteiger partial charge in [-0.25, -0.2) is 13.1 Å². The molecule has 0 radical (unpaired) electrons. The van der Waals surface area contributed by atoms with E-state index < -0.39 is 10.0 Å². The van der Waals surface area contributed by atoms with Gasteiger partial charge in [-0.1, -0.05) is 0 Å². The largest absolute Gasteiger partial charge is 0.356 e. The van der Waals surface area contributed by atoms with Crippen LogP contribution in [0.2, 0.25) is 0 Å². The Balaban J connectivity index is 1.82. The van der Waals surface area contributed by atoms with Crippen molar-refractivity contribution in [1.82, 2.24) is 14.6 Å². The number of rotatable bonds is 5. The van der Waals surface area contributed by atoms with Gasteiger partial charge >= 0.3 is 0 Å². The standard InChI is InChI=1S/C12H21N3O2S/c1-15-8-5-12(10-15)18(16,17)14-7-4-11-3-2-6-13-9-11/h5,8,10-11,13-14H,2-4,6-7,9H2,1H3. The molecule has 1 aliphatic rings. The summed E-state index contributed by atoms with van der Waals surface area (Å²) in [5.74, 6) is 0.595. The molecule has 18 heavy (non-hydrogen) atoms. The third-order valence-electron chi connectivity index (χ3n) is 3.36. The summed E-state index contributed by atoms with van der Waals surface area (Å²) in [6, 6.07) is 1.62. The van der Waals surface area contributed by atoms with Crippen LogP contribution in [0.4, 0.5) is 0 Å². The fourth-order valence-electron chi connectivity index (χ4n) is 2.29. The van der Waals surface area contributed by atoms with Crippen molar-refractivity contribution in [3.63, 3.8) is 0 Å². The average Bonchev–Trinajstić information content (AvgIpc) is 2.78. The highest BCUT2D eigenvalue weighted by molar-refractivity contribution is 7.89. The summed E-state index contributed by atoms with van der Waals surface area (Å²) in [5.41, 5.74) is 0. The van der Waals surface area contributed by atoms with Crippen LogP contribution in [0.1, 0.15) is 19.3 Å². The second kappa shape index (κ2) is 5.86. The van der Waals surface area contributed by atoms with E-state index in [2.05, 4.69) is 10.0 Å². The second-order valence-corrected chi connectivity index (χ2v) is 6.68. The number of nitrogens with one attached hydrogen (secondary N) is 2. The van der Waals surface area contributed by atoms with Crippen LogP contribution >= 0.6 is 0 Å². The fourth-order valence-corrected chi connectivity index (χ4v) is 3.39. The van der Waals surface area contributed by atoms with Gasteiger partial charge in [0.15, 0.2) is 0 Å². The minimum Gasteiger partial charge on any atom is -0.356 e. The molecule has 1 saturated heterocycles. The van der Waals surface area contributed by atoms with E-state index in [0.717, 1.165) is 19.5 Å². The van der Waals surface area contributed by atoms with Gasteiger partial charge in [0.2, 0.25) is 10.0 Å². The van der Waals surface area contributed by atoms with Crippen molar-refractivity contribution in [1.29, 1.82) is 0 Å². The molecular weight excluding hydrogens is 250 g/mol. The lowest BCUT2D eigenvalue weighted by atomic mass is 9.96. The number of piperidine rings is 1. The van der Waals surface area contributed by atoms with Gasteiger partial charge in [0, 0.05) is 26.0 Å². The van der Waals surface area contributed by atoms with E-state index in [1.54, 1.807) is 23.0 Å². The maximum absolute atomic E-state index is 11.9. The molecule has 0 spiro atoms. The first kappa shape index (κ1) is 13.6. The molecule has 6 heteroatoms. The zero-order chi connectivity index (χ0) is 13.0. The van der Waals surface area contributed by atoms with Crippen LogP contribution in [-0.4, -0.2) is 32.6 Å². The molecular formula is C12H21N3O2S. The molecule has 2 N–H and O–H groups in total. The third kappa shape index (κ3) is 3.57. The molecule has 1 unspecified atom stereocenters. The number of hydrogen-bond donors (Lipinski definition) is 2. The van der Waals surface area contributed by atoms with E-state index in [4.69, 9.17) is 0 Å². The minimum absolute atomic E-state index is 0.340. The van der Waals surface area contributed by atoms with E-state index >= 15 is 0 Å². The first-order valence-corrected chi connectivity index (χ1v) is 7.88. The van der Waals surface area contributed by atoms with E-state index in [9.17, 15) is 8.42 Å². The smallest absolute Gasteiger partial charge is 0.242 e. The van der Waals surface area contributed by atoms with Crippen molar-refractivity contribution >= 4 is 10.0 Å². The summed E-state index contributed by atoms with van der Waals surface area (Å²) < 4.78 is 28.3. The summed E-state index contributed by atoms with van der Waals surface area (Å²) >= 11 is 0. The molecule has 1 fully saturated rings. The Morgan fingerprint density at radius 1 is 1.56 bits per heavy atom. The van der Waals surface area contributed by atoms with Gasteiger partial charge in [-0.15, -0.1) is 0 Å². The lowest BCUT2D eigenvalue weighted by molar-refractivity contribution is 0.358. The summed E-state index contributed by atoms with van der Waals surface area (Å²) in [4.78, 5) is 0.340. The van der Waals surface area contributed by atoms with Crippen LogP contribution in [0, 0.1) is 5.92 Å². The van der Waals surface area contributed by atoms with Gasteiger partial charge in [-0.3, -0.25) is 0 Å². The average molecular weight is 271 g/mol. The van der Waals surface area contributed by atoms with Gasteiger partial charge < -0.3 is 9.88 Å². The van der Waals surface area contributed by atoms with E-state index in [1.807, 2.05) is 7.05 Å². The van der Waals surface area contributed by atoms with Crippen LogP contribution in [0.25, 0.3) is 0 Å². The molecule has 0 amide bonds. The molecule has 5 nitrogen and oxygen atoms in total. The van der Waals surface area contributed by atoms with Gasteiger partial charge in [0.1, 0.15) is 0 Å². The highest BCUT2D eigenvalue weighted by Gasteiger charge is 2.17. The van der Waals surface area contributed by atoms with Crippen LogP contribution < -0.4 is 10.0 Å².